The van der Waals surface area contributed by atoms with Gasteiger partial charge in [-0.25, -0.2) is 9.79 Å². The van der Waals surface area contributed by atoms with E-state index in [0.29, 0.717) is 6.61 Å². The molecule has 72 valence electrons. The molecule has 0 heterocycles. The van der Waals surface area contributed by atoms with E-state index in [2.05, 4.69) is 9.73 Å². The van der Waals surface area contributed by atoms with Crippen molar-refractivity contribution in [2.45, 2.75) is 19.9 Å². The van der Waals surface area contributed by atoms with Gasteiger partial charge in [-0.15, -0.1) is 0 Å². The van der Waals surface area contributed by atoms with E-state index in [-0.39, 0.29) is 6.61 Å². The molecule has 0 radical (unpaired) electrons. The number of nitriles is 1. The molecule has 1 unspecified atom stereocenters. The van der Waals surface area contributed by atoms with Gasteiger partial charge in [0.15, 0.2) is 6.40 Å². The van der Waals surface area contributed by atoms with Crippen molar-refractivity contribution in [3.05, 3.63) is 0 Å². The lowest BCUT2D eigenvalue weighted by Crippen LogP contribution is -2.20. The van der Waals surface area contributed by atoms with Crippen LogP contribution in [0, 0.1) is 11.3 Å². The Morgan fingerprint density at radius 3 is 2.77 bits per heavy atom. The maximum Gasteiger partial charge on any atom is 0.345 e. The maximum atomic E-state index is 11.0. The summed E-state index contributed by atoms with van der Waals surface area (Å²) in [5.74, 6) is -0.652. The van der Waals surface area contributed by atoms with Gasteiger partial charge >= 0.3 is 5.97 Å². The van der Waals surface area contributed by atoms with Gasteiger partial charge < -0.3 is 9.47 Å². The third kappa shape index (κ3) is 4.80. The Hall–Kier alpha value is -1.57. The molecule has 0 bridgehead atoms. The molecule has 1 atom stereocenters. The van der Waals surface area contributed by atoms with Crippen LogP contribution >= 0.6 is 0 Å². The van der Waals surface area contributed by atoms with Crippen molar-refractivity contribution in [2.24, 2.45) is 4.99 Å². The number of nitrogens with zero attached hydrogens (tertiary/aromatic N) is 2. The summed E-state index contributed by atoms with van der Waals surface area (Å²) in [5.41, 5.74) is 0. The molecule has 5 heteroatoms. The highest BCUT2D eigenvalue weighted by Gasteiger charge is 2.16. The van der Waals surface area contributed by atoms with Crippen molar-refractivity contribution >= 4 is 12.4 Å². The fourth-order valence-corrected chi connectivity index (χ4v) is 0.547. The number of carbonyl (C=O) groups excluding carboxylic acids is 1. The number of rotatable bonds is 5. The summed E-state index contributed by atoms with van der Waals surface area (Å²) in [6.07, 6.45) is 1.09. The summed E-state index contributed by atoms with van der Waals surface area (Å²) in [7, 11) is 0. The standard InChI is InChI=1S/C8H12N2O3/c1-3-12-6-10-7(5-9)8(11)13-4-2/h6-7H,3-4H2,1-2H3. The highest BCUT2D eigenvalue weighted by molar-refractivity contribution is 5.80. The second-order valence-electron chi connectivity index (χ2n) is 1.99. The number of carbonyl (C=O) groups is 1. The molecule has 0 fully saturated rings. The van der Waals surface area contributed by atoms with E-state index in [0.717, 1.165) is 6.40 Å². The molecule has 0 saturated heterocycles. The lowest BCUT2D eigenvalue weighted by molar-refractivity contribution is -0.143. The smallest absolute Gasteiger partial charge is 0.345 e. The van der Waals surface area contributed by atoms with Gasteiger partial charge in [0.1, 0.15) is 6.07 Å². The van der Waals surface area contributed by atoms with Crippen LogP contribution in [0.25, 0.3) is 0 Å². The first-order valence-electron chi connectivity index (χ1n) is 3.95. The fourth-order valence-electron chi connectivity index (χ4n) is 0.547. The van der Waals surface area contributed by atoms with Gasteiger partial charge in [0, 0.05) is 0 Å². The summed E-state index contributed by atoms with van der Waals surface area (Å²) in [6, 6.07) is 0.574. The predicted octanol–water partition coefficient (Wildman–Crippen LogP) is 0.506. The number of ether oxygens (including phenoxy) is 2. The Kier molecular flexibility index (Phi) is 6.24. The average molecular weight is 184 g/mol. The zero-order chi connectivity index (χ0) is 10.1. The average Bonchev–Trinajstić information content (AvgIpc) is 2.13. The third-order valence-electron chi connectivity index (χ3n) is 1.08. The highest BCUT2D eigenvalue weighted by atomic mass is 16.5. The second kappa shape index (κ2) is 7.10. The largest absolute Gasteiger partial charge is 0.484 e. The Morgan fingerprint density at radius 2 is 2.31 bits per heavy atom. The van der Waals surface area contributed by atoms with Crippen molar-refractivity contribution in [2.75, 3.05) is 13.2 Å². The van der Waals surface area contributed by atoms with E-state index in [4.69, 9.17) is 10.00 Å². The van der Waals surface area contributed by atoms with Crippen LogP contribution in [0.4, 0.5) is 0 Å². The van der Waals surface area contributed by atoms with Crippen molar-refractivity contribution < 1.29 is 14.3 Å². The lowest BCUT2D eigenvalue weighted by atomic mass is 10.3. The van der Waals surface area contributed by atoms with E-state index in [1.807, 2.05) is 0 Å². The number of esters is 1. The quantitative estimate of drug-likeness (QED) is 0.354. The highest BCUT2D eigenvalue weighted by Crippen LogP contribution is 1.92. The first-order valence-corrected chi connectivity index (χ1v) is 3.95. The molecule has 0 N–H and O–H groups in total. The monoisotopic (exact) mass is 184 g/mol. The van der Waals surface area contributed by atoms with Gasteiger partial charge in [-0.05, 0) is 13.8 Å². The first kappa shape index (κ1) is 11.4. The number of hydrogen-bond donors (Lipinski definition) is 0. The van der Waals surface area contributed by atoms with Crippen LogP contribution in [-0.4, -0.2) is 31.6 Å². The molecule has 0 aliphatic heterocycles. The number of aliphatic imine (C=N–C) groups is 1. The second-order valence-corrected chi connectivity index (χ2v) is 1.99. The van der Waals surface area contributed by atoms with E-state index in [9.17, 15) is 4.79 Å². The first-order chi connectivity index (χ1) is 6.26. The molecular formula is C8H12N2O3. The topological polar surface area (TPSA) is 71.7 Å². The molecule has 0 aromatic carbocycles. The van der Waals surface area contributed by atoms with Gasteiger partial charge in [0.25, 0.3) is 0 Å². The molecule has 0 saturated carbocycles. The Bertz CT molecular complexity index is 220. The van der Waals surface area contributed by atoms with Crippen molar-refractivity contribution in [3.8, 4) is 6.07 Å². The molecule has 0 aliphatic rings. The van der Waals surface area contributed by atoms with Crippen LogP contribution in [0.15, 0.2) is 4.99 Å². The van der Waals surface area contributed by atoms with Gasteiger partial charge in [-0.1, -0.05) is 0 Å². The molecule has 5 nitrogen and oxygen atoms in total. The summed E-state index contributed by atoms with van der Waals surface area (Å²) in [5, 5.41) is 8.50. The lowest BCUT2D eigenvalue weighted by Gasteiger charge is -2.02. The van der Waals surface area contributed by atoms with Crippen LogP contribution < -0.4 is 0 Å². The summed E-state index contributed by atoms with van der Waals surface area (Å²) in [4.78, 5) is 14.5. The van der Waals surface area contributed by atoms with Crippen LogP contribution in [0.2, 0.25) is 0 Å². The SMILES string of the molecule is CCOC=NC(C#N)C(=O)OCC. The van der Waals surface area contributed by atoms with E-state index in [1.54, 1.807) is 19.9 Å². The van der Waals surface area contributed by atoms with E-state index in [1.165, 1.54) is 0 Å². The molecular weight excluding hydrogens is 172 g/mol. The predicted molar refractivity (Wildman–Crippen MR) is 46.2 cm³/mol. The Morgan fingerprint density at radius 1 is 1.62 bits per heavy atom. The van der Waals surface area contributed by atoms with Crippen LogP contribution in [-0.2, 0) is 14.3 Å². The van der Waals surface area contributed by atoms with Gasteiger partial charge in [-0.3, -0.25) is 0 Å². The Labute approximate surface area is 77.0 Å². The van der Waals surface area contributed by atoms with Gasteiger partial charge in [0.2, 0.25) is 6.04 Å². The van der Waals surface area contributed by atoms with E-state index < -0.39 is 12.0 Å². The van der Waals surface area contributed by atoms with Crippen LogP contribution in [0.5, 0.6) is 0 Å². The number of hydrogen-bond acceptors (Lipinski definition) is 5. The summed E-state index contributed by atoms with van der Waals surface area (Å²) >= 11 is 0. The fraction of sp³-hybridized carbons (Fsp3) is 0.625. The van der Waals surface area contributed by atoms with Crippen molar-refractivity contribution in [3.63, 3.8) is 0 Å². The normalized spacial score (nSPS) is 12.1. The summed E-state index contributed by atoms with van der Waals surface area (Å²) in [6.45, 7) is 4.13. The third-order valence-corrected chi connectivity index (χ3v) is 1.08. The summed E-state index contributed by atoms with van der Waals surface area (Å²) < 4.78 is 9.34. The molecule has 0 rings (SSSR count). The van der Waals surface area contributed by atoms with Crippen molar-refractivity contribution in [1.82, 2.24) is 0 Å². The minimum Gasteiger partial charge on any atom is -0.484 e. The molecule has 13 heavy (non-hydrogen) atoms. The van der Waals surface area contributed by atoms with E-state index >= 15 is 0 Å². The minimum atomic E-state index is -1.12. The van der Waals surface area contributed by atoms with Crippen LogP contribution in [0.3, 0.4) is 0 Å². The zero-order valence-electron chi connectivity index (χ0n) is 7.69. The maximum absolute atomic E-state index is 11.0. The molecule has 0 spiro atoms. The van der Waals surface area contributed by atoms with Crippen LogP contribution in [0.1, 0.15) is 13.8 Å². The van der Waals surface area contributed by atoms with Gasteiger partial charge in [0.05, 0.1) is 13.2 Å². The van der Waals surface area contributed by atoms with Gasteiger partial charge in [-0.2, -0.15) is 5.26 Å². The molecule has 0 aliphatic carbocycles. The minimum absolute atomic E-state index is 0.237. The molecule has 0 aromatic heterocycles. The zero-order valence-corrected chi connectivity index (χ0v) is 7.69. The Balaban J connectivity index is 4.04. The molecule has 0 aromatic rings. The molecule has 0 amide bonds. The van der Waals surface area contributed by atoms with Crippen molar-refractivity contribution in [1.29, 1.82) is 5.26 Å².